The van der Waals surface area contributed by atoms with Crippen molar-refractivity contribution in [2.24, 2.45) is 0 Å². The molecule has 66 valence electrons. The van der Waals surface area contributed by atoms with Crippen LogP contribution in [0.3, 0.4) is 0 Å². The van der Waals surface area contributed by atoms with E-state index in [1.165, 1.54) is 17.0 Å². The summed E-state index contributed by atoms with van der Waals surface area (Å²) in [5.41, 5.74) is 6.89. The summed E-state index contributed by atoms with van der Waals surface area (Å²) in [6.45, 7) is 0. The van der Waals surface area contributed by atoms with E-state index in [0.717, 1.165) is 18.0 Å². The van der Waals surface area contributed by atoms with Gasteiger partial charge in [-0.2, -0.15) is 0 Å². The summed E-state index contributed by atoms with van der Waals surface area (Å²) in [5, 5.41) is 0.727. The van der Waals surface area contributed by atoms with Crippen molar-refractivity contribution in [2.75, 3.05) is 5.73 Å². The number of rotatable bonds is 0. The highest BCUT2D eigenvalue weighted by Crippen LogP contribution is 2.43. The smallest absolute Gasteiger partial charge is 0.180 e. The highest BCUT2D eigenvalue weighted by Gasteiger charge is 2.30. The molecule has 2 N–H and O–H groups in total. The minimum atomic E-state index is 0.390. The molecular weight excluding hydrogens is 398 g/mol. The molecule has 0 aliphatic heterocycles. The van der Waals surface area contributed by atoms with Crippen LogP contribution in [0.2, 0.25) is 0 Å². The van der Waals surface area contributed by atoms with Gasteiger partial charge < -0.3 is 5.73 Å². The zero-order valence-electron chi connectivity index (χ0n) is 6.31. The molecule has 0 unspecified atom stereocenters. The lowest BCUT2D eigenvalue weighted by Gasteiger charge is -2.24. The molecule has 12 heavy (non-hydrogen) atoms. The second-order valence-electron chi connectivity index (χ2n) is 2.95. The third-order valence-corrected chi connectivity index (χ3v) is 4.71. The highest BCUT2D eigenvalue weighted by molar-refractivity contribution is 14.2. The van der Waals surface area contributed by atoms with E-state index in [1.807, 2.05) is 0 Å². The Labute approximate surface area is 103 Å². The number of anilines is 1. The number of fused-ring (bicyclic) bond motifs is 1. The first kappa shape index (κ1) is 9.45. The number of hydrogen-bond acceptors (Lipinski definition) is 3. The molecule has 0 bridgehead atoms. The number of nitrogen functional groups attached to an aromatic ring is 1. The number of nitrogens with zero attached hydrogens (tertiary/aromatic N) is 1. The van der Waals surface area contributed by atoms with Gasteiger partial charge in [-0.25, -0.2) is 4.98 Å². The van der Waals surface area contributed by atoms with Gasteiger partial charge in [0.05, 0.1) is 7.12 Å². The average molecular weight is 406 g/mol. The quantitative estimate of drug-likeness (QED) is 0.532. The summed E-state index contributed by atoms with van der Waals surface area (Å²) in [4.78, 5) is 5.70. The van der Waals surface area contributed by atoms with Gasteiger partial charge in [-0.05, 0) is 12.8 Å². The average Bonchev–Trinajstić information content (AvgIpc) is 2.26. The molecule has 0 spiro atoms. The summed E-state index contributed by atoms with van der Waals surface area (Å²) in [6.07, 6.45) is 3.43. The van der Waals surface area contributed by atoms with Gasteiger partial charge in [0.2, 0.25) is 0 Å². The minimum Gasteiger partial charge on any atom is -0.375 e. The third kappa shape index (κ3) is 1.87. The lowest BCUT2D eigenvalue weighted by atomic mass is 10.0. The van der Waals surface area contributed by atoms with Gasteiger partial charge in [-0.15, -0.1) is 11.3 Å². The van der Waals surface area contributed by atoms with Crippen LogP contribution in [0.5, 0.6) is 0 Å². The first-order valence-corrected chi connectivity index (χ1v) is 6.66. The molecule has 1 heterocycles. The van der Waals surface area contributed by atoms with E-state index >= 15 is 0 Å². The zero-order chi connectivity index (χ0) is 8.77. The van der Waals surface area contributed by atoms with Crippen molar-refractivity contribution in [1.29, 1.82) is 0 Å². The second-order valence-corrected chi connectivity index (χ2v) is 10.3. The number of nitrogens with two attached hydrogens (primary N) is 1. The van der Waals surface area contributed by atoms with Crippen molar-refractivity contribution in [2.45, 2.75) is 20.7 Å². The fourth-order valence-corrected chi connectivity index (χ4v) is 4.17. The fraction of sp³-hybridized carbons (Fsp3) is 0.571. The lowest BCUT2D eigenvalue weighted by Crippen LogP contribution is -2.20. The Kier molecular flexibility index (Phi) is 2.54. The van der Waals surface area contributed by atoms with Gasteiger partial charge in [0.25, 0.3) is 0 Å². The van der Waals surface area contributed by atoms with Crippen molar-refractivity contribution in [3.63, 3.8) is 0 Å². The Morgan fingerprint density at radius 3 is 3.00 bits per heavy atom. The van der Waals surface area contributed by atoms with Crippen LogP contribution in [0.25, 0.3) is 0 Å². The highest BCUT2D eigenvalue weighted by atomic mass is 127. The molecule has 1 aromatic rings. The molecule has 0 radical (unpaired) electrons. The topological polar surface area (TPSA) is 38.9 Å². The molecule has 0 saturated carbocycles. The van der Waals surface area contributed by atoms with E-state index < -0.39 is 0 Å². The standard InChI is InChI=1S/C7H8I2N2S/c8-7(9)2-1-4-5(3-7)12-6(10)11-4/h1-3H2,(H2,10,11). The fourth-order valence-electron chi connectivity index (χ4n) is 1.36. The lowest BCUT2D eigenvalue weighted by molar-refractivity contribution is 0.701. The monoisotopic (exact) mass is 406 g/mol. The van der Waals surface area contributed by atoms with Crippen LogP contribution in [0.15, 0.2) is 0 Å². The molecule has 2 rings (SSSR count). The Hall–Kier alpha value is 0.890. The number of halogens is 2. The Balaban J connectivity index is 2.34. The molecule has 0 amide bonds. The van der Waals surface area contributed by atoms with E-state index in [-0.39, 0.29) is 0 Å². The number of aryl methyl sites for hydroxylation is 1. The van der Waals surface area contributed by atoms with Crippen molar-refractivity contribution >= 4 is 61.7 Å². The molecule has 1 aliphatic rings. The predicted molar refractivity (Wildman–Crippen MR) is 69.3 cm³/mol. The van der Waals surface area contributed by atoms with Crippen LogP contribution in [0, 0.1) is 0 Å². The number of alkyl halides is 2. The first-order chi connectivity index (χ1) is 5.57. The van der Waals surface area contributed by atoms with Gasteiger partial charge in [-0.3, -0.25) is 0 Å². The van der Waals surface area contributed by atoms with E-state index in [4.69, 9.17) is 5.73 Å². The Morgan fingerprint density at radius 2 is 2.25 bits per heavy atom. The number of thiazole rings is 1. The van der Waals surface area contributed by atoms with Crippen LogP contribution in [0.1, 0.15) is 17.0 Å². The molecule has 5 heteroatoms. The van der Waals surface area contributed by atoms with Crippen LogP contribution in [-0.2, 0) is 12.8 Å². The largest absolute Gasteiger partial charge is 0.375 e. The third-order valence-electron chi connectivity index (χ3n) is 1.94. The van der Waals surface area contributed by atoms with Crippen molar-refractivity contribution in [3.8, 4) is 0 Å². The van der Waals surface area contributed by atoms with Crippen molar-refractivity contribution < 1.29 is 0 Å². The van der Waals surface area contributed by atoms with Crippen LogP contribution in [0.4, 0.5) is 5.13 Å². The molecular formula is C7H8I2N2S. The Bertz CT molecular complexity index is 308. The van der Waals surface area contributed by atoms with Gasteiger partial charge in [0, 0.05) is 11.3 Å². The molecule has 0 atom stereocenters. The summed E-state index contributed by atoms with van der Waals surface area (Å²) >= 11 is 6.69. The van der Waals surface area contributed by atoms with Gasteiger partial charge in [-0.1, -0.05) is 45.2 Å². The zero-order valence-corrected chi connectivity index (χ0v) is 11.4. The van der Waals surface area contributed by atoms with Crippen LogP contribution < -0.4 is 5.73 Å². The molecule has 0 saturated heterocycles. The minimum absolute atomic E-state index is 0.390. The molecule has 0 fully saturated rings. The van der Waals surface area contributed by atoms with Crippen LogP contribution in [-0.4, -0.2) is 6.41 Å². The van der Waals surface area contributed by atoms with Gasteiger partial charge in [0.1, 0.15) is 0 Å². The summed E-state index contributed by atoms with van der Waals surface area (Å²) < 4.78 is 0.390. The summed E-state index contributed by atoms with van der Waals surface area (Å²) in [6, 6.07) is 0. The first-order valence-electron chi connectivity index (χ1n) is 3.69. The predicted octanol–water partition coefficient (Wildman–Crippen LogP) is 2.78. The molecule has 2 nitrogen and oxygen atoms in total. The molecule has 0 aromatic carbocycles. The summed E-state index contributed by atoms with van der Waals surface area (Å²) in [7, 11) is 0. The molecule has 1 aliphatic carbocycles. The van der Waals surface area contributed by atoms with E-state index in [0.29, 0.717) is 1.43 Å². The van der Waals surface area contributed by atoms with E-state index in [2.05, 4.69) is 50.2 Å². The van der Waals surface area contributed by atoms with E-state index in [9.17, 15) is 0 Å². The number of hydrogen-bond donors (Lipinski definition) is 1. The van der Waals surface area contributed by atoms with Crippen molar-refractivity contribution in [3.05, 3.63) is 10.6 Å². The van der Waals surface area contributed by atoms with Gasteiger partial charge >= 0.3 is 0 Å². The summed E-state index contributed by atoms with van der Waals surface area (Å²) in [5.74, 6) is 0. The van der Waals surface area contributed by atoms with Crippen molar-refractivity contribution in [1.82, 2.24) is 4.98 Å². The SMILES string of the molecule is Nc1nc2c(s1)CC(I)(I)CC2. The Morgan fingerprint density at radius 1 is 1.50 bits per heavy atom. The van der Waals surface area contributed by atoms with Gasteiger partial charge in [0.15, 0.2) is 5.13 Å². The second kappa shape index (κ2) is 3.23. The maximum absolute atomic E-state index is 5.65. The number of aromatic nitrogens is 1. The maximum atomic E-state index is 5.65. The normalized spacial score (nSPS) is 20.5. The van der Waals surface area contributed by atoms with E-state index in [1.54, 1.807) is 11.3 Å². The maximum Gasteiger partial charge on any atom is 0.180 e. The molecule has 1 aromatic heterocycles. The van der Waals surface area contributed by atoms with Crippen LogP contribution >= 0.6 is 56.5 Å².